The van der Waals surface area contributed by atoms with Crippen LogP contribution in [0.3, 0.4) is 0 Å². The molecule has 3 heteroatoms. The Hall–Kier alpha value is -1.68. The third kappa shape index (κ3) is 6.39. The molecule has 0 aromatic heterocycles. The molecule has 1 N–H and O–H groups in total. The molecule has 0 aliphatic heterocycles. The van der Waals surface area contributed by atoms with Gasteiger partial charge in [-0.25, -0.2) is 0 Å². The van der Waals surface area contributed by atoms with E-state index in [2.05, 4.69) is 29.6 Å². The van der Waals surface area contributed by atoms with E-state index in [9.17, 15) is 0 Å². The molecule has 0 bridgehead atoms. The van der Waals surface area contributed by atoms with Gasteiger partial charge in [0.25, 0.3) is 0 Å². The van der Waals surface area contributed by atoms with Gasteiger partial charge in [0.15, 0.2) is 0 Å². The summed E-state index contributed by atoms with van der Waals surface area (Å²) in [6.45, 7) is 2.80. The predicted molar refractivity (Wildman–Crippen MR) is 89.7 cm³/mol. The zero-order chi connectivity index (χ0) is 15.5. The second-order valence-corrected chi connectivity index (χ2v) is 5.31. The highest BCUT2D eigenvalue weighted by atomic mass is 16.5. The zero-order valence-corrected chi connectivity index (χ0v) is 13.2. The number of rotatable bonds is 10. The first-order valence-corrected chi connectivity index (χ1v) is 7.80. The van der Waals surface area contributed by atoms with Crippen LogP contribution in [0.5, 0.6) is 0 Å². The summed E-state index contributed by atoms with van der Waals surface area (Å²) in [5.74, 6) is 0. The topological polar surface area (TPSA) is 30.5 Å². The highest BCUT2D eigenvalue weighted by Gasteiger charge is 2.09. The van der Waals surface area contributed by atoms with Gasteiger partial charge >= 0.3 is 0 Å². The normalized spacial score (nSPS) is 12.2. The molecule has 0 spiro atoms. The molecule has 22 heavy (non-hydrogen) atoms. The van der Waals surface area contributed by atoms with Gasteiger partial charge in [-0.2, -0.15) is 0 Å². The quantitative estimate of drug-likeness (QED) is 0.729. The largest absolute Gasteiger partial charge is 0.374 e. The van der Waals surface area contributed by atoms with Crippen LogP contribution >= 0.6 is 0 Å². The minimum atomic E-state index is 0.108. The Balaban J connectivity index is 1.75. The summed E-state index contributed by atoms with van der Waals surface area (Å²) in [4.78, 5) is 0. The Labute approximate surface area is 133 Å². The van der Waals surface area contributed by atoms with Crippen molar-refractivity contribution in [2.24, 2.45) is 0 Å². The van der Waals surface area contributed by atoms with E-state index in [0.717, 1.165) is 13.0 Å². The third-order valence-electron chi connectivity index (χ3n) is 3.46. The van der Waals surface area contributed by atoms with Crippen molar-refractivity contribution in [3.8, 4) is 0 Å². The number of ether oxygens (including phenoxy) is 2. The summed E-state index contributed by atoms with van der Waals surface area (Å²) >= 11 is 0. The highest BCUT2D eigenvalue weighted by Crippen LogP contribution is 2.08. The maximum Gasteiger partial charge on any atom is 0.0825 e. The molecule has 3 nitrogen and oxygen atoms in total. The Morgan fingerprint density at radius 1 is 0.864 bits per heavy atom. The third-order valence-corrected chi connectivity index (χ3v) is 3.46. The van der Waals surface area contributed by atoms with Gasteiger partial charge in [-0.15, -0.1) is 0 Å². The lowest BCUT2D eigenvalue weighted by Crippen LogP contribution is -2.24. The summed E-state index contributed by atoms with van der Waals surface area (Å²) in [6, 6.07) is 20.5. The van der Waals surface area contributed by atoms with Gasteiger partial charge in [0, 0.05) is 0 Å². The van der Waals surface area contributed by atoms with Gasteiger partial charge in [-0.1, -0.05) is 60.7 Å². The predicted octanol–water partition coefficient (Wildman–Crippen LogP) is 3.40. The molecule has 0 heterocycles. The van der Waals surface area contributed by atoms with E-state index >= 15 is 0 Å². The van der Waals surface area contributed by atoms with Crippen LogP contribution in [0.1, 0.15) is 17.5 Å². The monoisotopic (exact) mass is 299 g/mol. The van der Waals surface area contributed by atoms with E-state index in [4.69, 9.17) is 9.47 Å². The second-order valence-electron chi connectivity index (χ2n) is 5.31. The molecular formula is C19H25NO2. The lowest BCUT2D eigenvalue weighted by Gasteiger charge is -2.18. The van der Waals surface area contributed by atoms with Gasteiger partial charge in [0.1, 0.15) is 0 Å². The van der Waals surface area contributed by atoms with Gasteiger partial charge < -0.3 is 14.8 Å². The second kappa shape index (κ2) is 10.1. The highest BCUT2D eigenvalue weighted by molar-refractivity contribution is 5.14. The maximum atomic E-state index is 6.00. The Bertz CT molecular complexity index is 501. The molecule has 0 saturated carbocycles. The van der Waals surface area contributed by atoms with Crippen molar-refractivity contribution in [3.63, 3.8) is 0 Å². The minimum Gasteiger partial charge on any atom is -0.374 e. The zero-order valence-electron chi connectivity index (χ0n) is 13.2. The van der Waals surface area contributed by atoms with E-state index in [0.29, 0.717) is 19.8 Å². The fraction of sp³-hybridized carbons (Fsp3) is 0.368. The minimum absolute atomic E-state index is 0.108. The summed E-state index contributed by atoms with van der Waals surface area (Å²) in [5.41, 5.74) is 2.39. The molecule has 118 valence electrons. The SMILES string of the molecule is CNCCC(COCc1ccccc1)OCc1ccccc1. The first-order chi connectivity index (χ1) is 10.9. The maximum absolute atomic E-state index is 6.00. The fourth-order valence-electron chi connectivity index (χ4n) is 2.19. The van der Waals surface area contributed by atoms with Crippen LogP contribution in [0.25, 0.3) is 0 Å². The molecule has 0 aliphatic carbocycles. The molecule has 2 aromatic rings. The van der Waals surface area contributed by atoms with E-state index < -0.39 is 0 Å². The summed E-state index contributed by atoms with van der Waals surface area (Å²) in [6.07, 6.45) is 1.05. The lowest BCUT2D eigenvalue weighted by atomic mass is 10.2. The van der Waals surface area contributed by atoms with Crippen LogP contribution in [0.4, 0.5) is 0 Å². The molecule has 1 atom stereocenters. The van der Waals surface area contributed by atoms with E-state index in [1.807, 2.05) is 43.4 Å². The standard InChI is InChI=1S/C19H25NO2/c1-20-13-12-19(22-15-18-10-6-3-7-11-18)16-21-14-17-8-4-2-5-9-17/h2-11,19-20H,12-16H2,1H3. The smallest absolute Gasteiger partial charge is 0.0825 e. The molecule has 0 fully saturated rings. The number of benzene rings is 2. The molecular weight excluding hydrogens is 274 g/mol. The lowest BCUT2D eigenvalue weighted by molar-refractivity contribution is -0.0327. The molecule has 0 radical (unpaired) electrons. The van der Waals surface area contributed by atoms with Crippen LogP contribution in [-0.2, 0) is 22.7 Å². The van der Waals surface area contributed by atoms with Crippen molar-refractivity contribution < 1.29 is 9.47 Å². The Morgan fingerprint density at radius 3 is 2.05 bits per heavy atom. The van der Waals surface area contributed by atoms with Crippen molar-refractivity contribution in [2.75, 3.05) is 20.2 Å². The molecule has 2 aromatic carbocycles. The van der Waals surface area contributed by atoms with Gasteiger partial charge in [0.05, 0.1) is 25.9 Å². The van der Waals surface area contributed by atoms with E-state index in [1.54, 1.807) is 0 Å². The van der Waals surface area contributed by atoms with Gasteiger partial charge in [0.2, 0.25) is 0 Å². The molecule has 2 rings (SSSR count). The van der Waals surface area contributed by atoms with Crippen molar-refractivity contribution in [3.05, 3.63) is 71.8 Å². The first-order valence-electron chi connectivity index (χ1n) is 7.80. The van der Waals surface area contributed by atoms with E-state index in [-0.39, 0.29) is 6.10 Å². The van der Waals surface area contributed by atoms with Crippen LogP contribution in [0, 0.1) is 0 Å². The van der Waals surface area contributed by atoms with Crippen LogP contribution in [-0.4, -0.2) is 26.3 Å². The van der Waals surface area contributed by atoms with Crippen molar-refractivity contribution in [2.45, 2.75) is 25.7 Å². The van der Waals surface area contributed by atoms with E-state index in [1.165, 1.54) is 11.1 Å². The Kier molecular flexibility index (Phi) is 7.67. The molecule has 0 saturated heterocycles. The number of hydrogen-bond donors (Lipinski definition) is 1. The van der Waals surface area contributed by atoms with Gasteiger partial charge in [-0.3, -0.25) is 0 Å². The molecule has 1 unspecified atom stereocenters. The van der Waals surface area contributed by atoms with Crippen molar-refractivity contribution >= 4 is 0 Å². The summed E-state index contributed by atoms with van der Waals surface area (Å²) < 4.78 is 11.8. The van der Waals surface area contributed by atoms with Crippen LogP contribution < -0.4 is 5.32 Å². The summed E-state index contributed by atoms with van der Waals surface area (Å²) in [7, 11) is 1.96. The average Bonchev–Trinajstić information content (AvgIpc) is 2.58. The van der Waals surface area contributed by atoms with Gasteiger partial charge in [-0.05, 0) is 31.1 Å². The fourth-order valence-corrected chi connectivity index (χ4v) is 2.19. The Morgan fingerprint density at radius 2 is 1.45 bits per heavy atom. The number of nitrogens with one attached hydrogen (secondary N) is 1. The molecule has 0 amide bonds. The van der Waals surface area contributed by atoms with Crippen LogP contribution in [0.15, 0.2) is 60.7 Å². The first kappa shape index (κ1) is 16.7. The average molecular weight is 299 g/mol. The van der Waals surface area contributed by atoms with Crippen molar-refractivity contribution in [1.82, 2.24) is 5.32 Å². The van der Waals surface area contributed by atoms with Crippen LogP contribution in [0.2, 0.25) is 0 Å². The van der Waals surface area contributed by atoms with Crippen molar-refractivity contribution in [1.29, 1.82) is 0 Å². The molecule has 0 aliphatic rings. The number of hydrogen-bond acceptors (Lipinski definition) is 3. The summed E-state index contributed by atoms with van der Waals surface area (Å²) in [5, 5.41) is 3.17.